The van der Waals surface area contributed by atoms with Gasteiger partial charge in [0.15, 0.2) is 11.5 Å². The molecule has 0 bridgehead atoms. The highest BCUT2D eigenvalue weighted by Gasteiger charge is 2.44. The van der Waals surface area contributed by atoms with Crippen LogP contribution in [-0.2, 0) is 9.47 Å². The fraction of sp³-hybridized carbons (Fsp3) is 0.406. The minimum absolute atomic E-state index is 0.0195. The van der Waals surface area contributed by atoms with Crippen molar-refractivity contribution in [1.82, 2.24) is 9.97 Å². The molecule has 0 N–H and O–H groups in total. The van der Waals surface area contributed by atoms with Crippen LogP contribution < -0.4 is 24.2 Å². The molecule has 0 unspecified atom stereocenters. The van der Waals surface area contributed by atoms with Crippen molar-refractivity contribution in [3.05, 3.63) is 62.6 Å². The second-order valence-electron chi connectivity index (χ2n) is 12.9. The molecule has 50 heavy (non-hydrogen) atoms. The molecule has 1 fully saturated rings. The summed E-state index contributed by atoms with van der Waals surface area (Å²) in [4.78, 5) is 63.9. The van der Waals surface area contributed by atoms with Gasteiger partial charge in [-0.05, 0) is 60.5 Å². The zero-order valence-corrected chi connectivity index (χ0v) is 30.0. The molecule has 1 heterocycles. The number of nitro groups is 1. The summed E-state index contributed by atoms with van der Waals surface area (Å²) in [6.45, 7) is 9.41. The Kier molecular flexibility index (Phi) is 11.0. The molecular weight excluding hydrogens is 702 g/mol. The topological polar surface area (TPSA) is 167 Å². The smallest absolute Gasteiger partial charge is 0.423 e. The van der Waals surface area contributed by atoms with E-state index in [1.807, 2.05) is 0 Å². The van der Waals surface area contributed by atoms with Crippen LogP contribution in [0.15, 0.2) is 36.7 Å². The first-order valence-corrected chi connectivity index (χ1v) is 15.8. The van der Waals surface area contributed by atoms with Crippen LogP contribution in [0, 0.1) is 15.9 Å². The second-order valence-corrected chi connectivity index (χ2v) is 13.6. The summed E-state index contributed by atoms with van der Waals surface area (Å²) < 4.78 is 37.2. The molecule has 268 valence electrons. The molecule has 4 amide bonds. The number of nitro benzene ring substituents is 1. The Balaban J connectivity index is 1.94. The van der Waals surface area contributed by atoms with Crippen molar-refractivity contribution in [1.29, 1.82) is 0 Å². The lowest BCUT2D eigenvalue weighted by Crippen LogP contribution is -2.50. The van der Waals surface area contributed by atoms with Crippen LogP contribution in [-0.4, -0.2) is 64.6 Å². The SMILES string of the molecule is COc1cc(OC)c(Cl)c(N(C(=O)OC(C)(C)C)C(=O)N(c2cc(N(C(=O)OC(C)(C)C)c3c(F)cccc3[N+](=O)[O-])ncn2)C2CC2)c1Cl. The number of methoxy groups -OCH3 is 2. The highest BCUT2D eigenvalue weighted by molar-refractivity contribution is 6.43. The number of carbonyl (C=O) groups excluding carboxylic acids is 3. The molecule has 0 atom stereocenters. The Hall–Kier alpha value is -4.96. The van der Waals surface area contributed by atoms with E-state index in [0.717, 1.165) is 35.5 Å². The molecule has 1 aromatic heterocycles. The number of ether oxygens (including phenoxy) is 4. The number of para-hydroxylation sites is 1. The number of carbonyl (C=O) groups is 3. The molecule has 0 radical (unpaired) electrons. The average molecular weight is 738 g/mol. The van der Waals surface area contributed by atoms with E-state index in [1.54, 1.807) is 41.5 Å². The second kappa shape index (κ2) is 14.5. The van der Waals surface area contributed by atoms with Gasteiger partial charge in [0.25, 0.3) is 5.69 Å². The first-order chi connectivity index (χ1) is 23.3. The molecule has 0 saturated heterocycles. The third-order valence-corrected chi connectivity index (χ3v) is 7.47. The summed E-state index contributed by atoms with van der Waals surface area (Å²) in [6, 6.07) is 3.96. The highest BCUT2D eigenvalue weighted by atomic mass is 35.5. The molecule has 1 saturated carbocycles. The van der Waals surface area contributed by atoms with Crippen LogP contribution in [0.5, 0.6) is 11.5 Å². The van der Waals surface area contributed by atoms with E-state index in [-0.39, 0.29) is 38.9 Å². The van der Waals surface area contributed by atoms with Crippen LogP contribution in [0.3, 0.4) is 0 Å². The van der Waals surface area contributed by atoms with E-state index in [2.05, 4.69) is 9.97 Å². The molecule has 3 aromatic rings. The van der Waals surface area contributed by atoms with Gasteiger partial charge in [-0.1, -0.05) is 29.3 Å². The lowest BCUT2D eigenvalue weighted by atomic mass is 10.2. The number of imide groups is 1. The van der Waals surface area contributed by atoms with E-state index in [1.165, 1.54) is 20.3 Å². The third kappa shape index (κ3) is 8.25. The van der Waals surface area contributed by atoms with Crippen molar-refractivity contribution in [2.45, 2.75) is 71.6 Å². The maximum Gasteiger partial charge on any atom is 0.423 e. The summed E-state index contributed by atoms with van der Waals surface area (Å²) in [6.07, 6.45) is -0.491. The van der Waals surface area contributed by atoms with Crippen LogP contribution in [0.2, 0.25) is 10.0 Å². The quantitative estimate of drug-likeness (QED) is 0.161. The summed E-state index contributed by atoms with van der Waals surface area (Å²) in [5.74, 6) is -1.66. The molecule has 0 spiro atoms. The summed E-state index contributed by atoms with van der Waals surface area (Å²) in [5.41, 5.74) is -4.06. The van der Waals surface area contributed by atoms with Crippen molar-refractivity contribution in [2.75, 3.05) is 28.9 Å². The van der Waals surface area contributed by atoms with Crippen LogP contribution in [0.1, 0.15) is 54.4 Å². The molecule has 18 heteroatoms. The Labute approximate surface area is 296 Å². The number of amides is 4. The van der Waals surface area contributed by atoms with E-state index in [0.29, 0.717) is 22.6 Å². The number of benzene rings is 2. The maximum absolute atomic E-state index is 15.4. The number of hydrogen-bond donors (Lipinski definition) is 0. The van der Waals surface area contributed by atoms with Crippen molar-refractivity contribution in [3.63, 3.8) is 0 Å². The van der Waals surface area contributed by atoms with Gasteiger partial charge in [-0.3, -0.25) is 15.0 Å². The Bertz CT molecular complexity index is 1800. The monoisotopic (exact) mass is 736 g/mol. The fourth-order valence-corrected chi connectivity index (χ4v) is 5.26. The van der Waals surface area contributed by atoms with Gasteiger partial charge in [-0.15, -0.1) is 0 Å². The van der Waals surface area contributed by atoms with E-state index in [4.69, 9.17) is 42.1 Å². The van der Waals surface area contributed by atoms with Crippen LogP contribution >= 0.6 is 23.2 Å². The lowest BCUT2D eigenvalue weighted by molar-refractivity contribution is -0.384. The summed E-state index contributed by atoms with van der Waals surface area (Å²) in [5, 5.41) is 11.5. The minimum Gasteiger partial charge on any atom is -0.495 e. The standard InChI is InChI=1S/C32H35Cl2FN6O9/c1-31(2,3)49-29(43)39(26-18(35)10-9-11-19(26)41(45)46)23-15-22(36-16-37-23)38(17-12-13-17)28(42)40(30(44)50-32(4,5)6)27-24(33)20(47-7)14-21(48-8)25(27)34/h9-11,14-17H,12-13H2,1-8H3. The summed E-state index contributed by atoms with van der Waals surface area (Å²) in [7, 11) is 2.63. The van der Waals surface area contributed by atoms with Gasteiger partial charge in [0, 0.05) is 24.2 Å². The van der Waals surface area contributed by atoms with E-state index in [9.17, 15) is 24.5 Å². The van der Waals surface area contributed by atoms with Crippen LogP contribution in [0.25, 0.3) is 0 Å². The predicted octanol–water partition coefficient (Wildman–Crippen LogP) is 8.45. The largest absolute Gasteiger partial charge is 0.495 e. The first kappa shape index (κ1) is 37.9. The molecule has 4 rings (SSSR count). The van der Waals surface area contributed by atoms with Gasteiger partial charge in [0.1, 0.15) is 56.4 Å². The number of urea groups is 1. The normalized spacial score (nSPS) is 12.9. The van der Waals surface area contributed by atoms with Gasteiger partial charge in [0.05, 0.1) is 19.1 Å². The minimum atomic E-state index is -1.21. The third-order valence-electron chi connectivity index (χ3n) is 6.74. The summed E-state index contributed by atoms with van der Waals surface area (Å²) >= 11 is 13.3. The molecular formula is C32H35Cl2FN6O9. The molecule has 1 aliphatic rings. The molecule has 0 aliphatic heterocycles. The number of hydrogen-bond acceptors (Lipinski definition) is 11. The molecule has 2 aromatic carbocycles. The number of nitrogens with zero attached hydrogens (tertiary/aromatic N) is 6. The van der Waals surface area contributed by atoms with Crippen molar-refractivity contribution >= 4 is 70.1 Å². The number of aromatic nitrogens is 2. The van der Waals surface area contributed by atoms with Gasteiger partial charge in [-0.2, -0.15) is 4.90 Å². The first-order valence-electron chi connectivity index (χ1n) is 15.0. The molecule has 1 aliphatic carbocycles. The van der Waals surface area contributed by atoms with Crippen molar-refractivity contribution in [3.8, 4) is 11.5 Å². The lowest BCUT2D eigenvalue weighted by Gasteiger charge is -2.32. The van der Waals surface area contributed by atoms with E-state index >= 15 is 4.39 Å². The zero-order chi connectivity index (χ0) is 37.3. The van der Waals surface area contributed by atoms with Crippen molar-refractivity contribution in [2.24, 2.45) is 0 Å². The van der Waals surface area contributed by atoms with Gasteiger partial charge < -0.3 is 18.9 Å². The highest BCUT2D eigenvalue weighted by Crippen LogP contribution is 2.48. The number of anilines is 4. The predicted molar refractivity (Wildman–Crippen MR) is 183 cm³/mol. The number of rotatable bonds is 8. The Morgan fingerprint density at radius 1 is 0.880 bits per heavy atom. The average Bonchev–Trinajstić information content (AvgIpc) is 3.84. The van der Waals surface area contributed by atoms with Gasteiger partial charge in [0.2, 0.25) is 0 Å². The Morgan fingerprint density at radius 3 is 1.92 bits per heavy atom. The Morgan fingerprint density at radius 2 is 1.42 bits per heavy atom. The van der Waals surface area contributed by atoms with Crippen LogP contribution in [0.4, 0.5) is 47.5 Å². The van der Waals surface area contributed by atoms with Crippen molar-refractivity contribution < 1.29 is 42.6 Å². The van der Waals surface area contributed by atoms with Gasteiger partial charge in [-0.25, -0.2) is 33.6 Å². The molecule has 15 nitrogen and oxygen atoms in total. The zero-order valence-electron chi connectivity index (χ0n) is 28.4. The fourth-order valence-electron chi connectivity index (χ4n) is 4.59. The number of halogens is 3. The van der Waals surface area contributed by atoms with E-state index < -0.39 is 57.6 Å². The maximum atomic E-state index is 15.4. The van der Waals surface area contributed by atoms with Gasteiger partial charge >= 0.3 is 18.2 Å².